The number of allylic oxidation sites excluding steroid dienone is 5. The van der Waals surface area contributed by atoms with Gasteiger partial charge in [-0.2, -0.15) is 0 Å². The van der Waals surface area contributed by atoms with E-state index in [1.165, 1.54) is 0 Å². The third kappa shape index (κ3) is 4.38. The van der Waals surface area contributed by atoms with E-state index in [9.17, 15) is 0 Å². The first-order chi connectivity index (χ1) is 4.85. The van der Waals surface area contributed by atoms with Gasteiger partial charge < -0.3 is 3.07 Å². The van der Waals surface area contributed by atoms with Gasteiger partial charge in [-0.05, 0) is 12.2 Å². The van der Waals surface area contributed by atoms with Gasteiger partial charge in [0.05, 0.1) is 0 Å². The first-order valence-electron chi connectivity index (χ1n) is 2.75. The van der Waals surface area contributed by atoms with Crippen LogP contribution in [0.25, 0.3) is 0 Å². The van der Waals surface area contributed by atoms with Crippen molar-refractivity contribution in [3.8, 4) is 0 Å². The van der Waals surface area contributed by atoms with Gasteiger partial charge in [0.25, 0.3) is 0 Å². The number of hydrogen-bond donors (Lipinski definition) is 0. The molecule has 0 saturated carbocycles. The number of hydrogen-bond acceptors (Lipinski definition) is 1. The van der Waals surface area contributed by atoms with Gasteiger partial charge >= 0.3 is 0 Å². The first kappa shape index (κ1) is 9.49. The molecule has 0 spiro atoms. The zero-order valence-electron chi connectivity index (χ0n) is 5.59. The van der Waals surface area contributed by atoms with Crippen molar-refractivity contribution >= 4 is 23.0 Å². The lowest BCUT2D eigenvalue weighted by Crippen LogP contribution is -1.70. The molecule has 0 fully saturated rings. The van der Waals surface area contributed by atoms with Gasteiger partial charge in [0.1, 0.15) is 5.76 Å². The fourth-order valence-corrected chi connectivity index (χ4v) is 0.681. The Bertz CT molecular complexity index is 168. The van der Waals surface area contributed by atoms with E-state index in [0.29, 0.717) is 0 Å². The van der Waals surface area contributed by atoms with Crippen LogP contribution < -0.4 is 0 Å². The van der Waals surface area contributed by atoms with Crippen molar-refractivity contribution < 1.29 is 3.07 Å². The maximum Gasteiger partial charge on any atom is 0.192 e. The smallest absolute Gasteiger partial charge is 0.192 e. The third-order valence-electron chi connectivity index (χ3n) is 0.798. The Hall–Kier alpha value is -0.510. The molecule has 0 bridgehead atoms. The minimum atomic E-state index is 0.735. The van der Waals surface area contributed by atoms with Crippen LogP contribution in [-0.4, -0.2) is 0 Å². The van der Waals surface area contributed by atoms with Crippen molar-refractivity contribution in [1.29, 1.82) is 0 Å². The van der Waals surface area contributed by atoms with E-state index in [2.05, 4.69) is 13.2 Å². The average molecular weight is 248 g/mol. The number of rotatable bonds is 4. The fraction of sp³-hybridized carbons (Fsp3) is 0. The summed E-state index contributed by atoms with van der Waals surface area (Å²) in [5, 5.41) is 0. The van der Waals surface area contributed by atoms with Gasteiger partial charge in [0.2, 0.25) is 0 Å². The van der Waals surface area contributed by atoms with Crippen LogP contribution >= 0.6 is 23.0 Å². The van der Waals surface area contributed by atoms with Crippen molar-refractivity contribution in [1.82, 2.24) is 0 Å². The molecule has 2 heteroatoms. The summed E-state index contributed by atoms with van der Waals surface area (Å²) in [5.41, 5.74) is 0. The second-order valence-electron chi connectivity index (χ2n) is 1.47. The van der Waals surface area contributed by atoms with Crippen molar-refractivity contribution in [3.05, 3.63) is 49.3 Å². The highest BCUT2D eigenvalue weighted by Crippen LogP contribution is 2.03. The molecule has 0 radical (unpaired) electrons. The summed E-state index contributed by atoms with van der Waals surface area (Å²) in [4.78, 5) is 0. The summed E-state index contributed by atoms with van der Waals surface area (Å²) in [6.07, 6.45) is 8.80. The summed E-state index contributed by atoms with van der Waals surface area (Å²) in [5.74, 6) is 0.735. The summed E-state index contributed by atoms with van der Waals surface area (Å²) >= 11 is 1.80. The molecule has 0 heterocycles. The molecule has 0 saturated heterocycles. The van der Waals surface area contributed by atoms with Gasteiger partial charge in [-0.25, -0.2) is 0 Å². The van der Waals surface area contributed by atoms with Crippen LogP contribution in [0, 0.1) is 0 Å². The largest absolute Gasteiger partial charge is 0.428 e. The van der Waals surface area contributed by atoms with Crippen LogP contribution in [0.1, 0.15) is 0 Å². The van der Waals surface area contributed by atoms with Gasteiger partial charge in [0, 0.05) is 0 Å². The Labute approximate surface area is 75.5 Å². The molecule has 0 atom stereocenters. The lowest BCUT2D eigenvalue weighted by molar-refractivity contribution is 0.588. The second kappa shape index (κ2) is 6.61. The highest BCUT2D eigenvalue weighted by Gasteiger charge is 1.82. The molecule has 0 aliphatic carbocycles. The first-order valence-corrected chi connectivity index (χ1v) is 3.63. The maximum atomic E-state index is 4.87. The predicted molar refractivity (Wildman–Crippen MR) is 52.7 cm³/mol. The van der Waals surface area contributed by atoms with E-state index in [-0.39, 0.29) is 0 Å². The van der Waals surface area contributed by atoms with Gasteiger partial charge in [0.15, 0.2) is 23.0 Å². The summed E-state index contributed by atoms with van der Waals surface area (Å²) in [6.45, 7) is 7.08. The molecular weight excluding hydrogens is 239 g/mol. The molecule has 0 aliphatic heterocycles. The molecule has 0 amide bonds. The van der Waals surface area contributed by atoms with E-state index in [1.54, 1.807) is 41.2 Å². The zero-order valence-corrected chi connectivity index (χ0v) is 7.74. The highest BCUT2D eigenvalue weighted by atomic mass is 127. The molecule has 0 unspecified atom stereocenters. The average Bonchev–Trinajstić information content (AvgIpc) is 1.99. The van der Waals surface area contributed by atoms with Crippen LogP contribution in [0.5, 0.6) is 0 Å². The van der Waals surface area contributed by atoms with Gasteiger partial charge in [-0.1, -0.05) is 31.4 Å². The van der Waals surface area contributed by atoms with Crippen molar-refractivity contribution in [2.75, 3.05) is 0 Å². The topological polar surface area (TPSA) is 9.23 Å². The van der Waals surface area contributed by atoms with E-state index in [0.717, 1.165) is 5.76 Å². The third-order valence-corrected chi connectivity index (χ3v) is 1.31. The Morgan fingerprint density at radius 1 is 1.30 bits per heavy atom. The van der Waals surface area contributed by atoms with Gasteiger partial charge in [-0.3, -0.25) is 0 Å². The molecular formula is C8H9IO. The van der Waals surface area contributed by atoms with Crippen molar-refractivity contribution in [2.24, 2.45) is 0 Å². The molecule has 0 aliphatic rings. The normalized spacial score (nSPS) is 11.5. The minimum absolute atomic E-state index is 0.735. The van der Waals surface area contributed by atoms with Crippen LogP contribution in [0.15, 0.2) is 49.3 Å². The molecule has 0 aromatic heterocycles. The lowest BCUT2D eigenvalue weighted by atomic mass is 10.4. The van der Waals surface area contributed by atoms with E-state index in [4.69, 9.17) is 3.07 Å². The summed E-state index contributed by atoms with van der Waals surface area (Å²) in [6, 6.07) is 0. The van der Waals surface area contributed by atoms with Crippen LogP contribution in [0.2, 0.25) is 0 Å². The summed E-state index contributed by atoms with van der Waals surface area (Å²) in [7, 11) is 0. The minimum Gasteiger partial charge on any atom is -0.428 e. The van der Waals surface area contributed by atoms with Crippen LogP contribution in [0.4, 0.5) is 0 Å². The Morgan fingerprint density at radius 2 is 2.00 bits per heavy atom. The molecule has 0 aromatic rings. The number of halogens is 1. The highest BCUT2D eigenvalue weighted by molar-refractivity contribution is 14.1. The fourth-order valence-electron chi connectivity index (χ4n) is 0.354. The van der Waals surface area contributed by atoms with Crippen LogP contribution in [0.3, 0.4) is 0 Å². The Balaban J connectivity index is 3.97. The molecule has 0 N–H and O–H groups in total. The maximum absolute atomic E-state index is 4.87. The lowest BCUT2D eigenvalue weighted by Gasteiger charge is -1.91. The van der Waals surface area contributed by atoms with Crippen molar-refractivity contribution in [3.63, 3.8) is 0 Å². The van der Waals surface area contributed by atoms with E-state index in [1.807, 2.05) is 12.2 Å². The van der Waals surface area contributed by atoms with Crippen molar-refractivity contribution in [2.45, 2.75) is 0 Å². The van der Waals surface area contributed by atoms with E-state index < -0.39 is 0 Å². The zero-order chi connectivity index (χ0) is 7.82. The second-order valence-corrected chi connectivity index (χ2v) is 1.91. The summed E-state index contributed by atoms with van der Waals surface area (Å²) < 4.78 is 4.87. The Morgan fingerprint density at radius 3 is 2.40 bits per heavy atom. The van der Waals surface area contributed by atoms with Crippen LogP contribution in [-0.2, 0) is 3.07 Å². The molecule has 0 aromatic carbocycles. The SMILES string of the molecule is C=C/C=C\C=C(/C=C)OI. The van der Waals surface area contributed by atoms with Gasteiger partial charge in [-0.15, -0.1) is 0 Å². The quantitative estimate of drug-likeness (QED) is 0.422. The molecule has 10 heavy (non-hydrogen) atoms. The molecule has 1 nitrogen and oxygen atoms in total. The van der Waals surface area contributed by atoms with E-state index >= 15 is 0 Å². The molecule has 54 valence electrons. The standard InChI is InChI=1S/C8H9IO/c1-3-5-6-7-8(4-2)10-9/h3-7H,1-2H2/b6-5-,8-7+. The molecule has 0 rings (SSSR count). The monoisotopic (exact) mass is 248 g/mol. The predicted octanol–water partition coefficient (Wildman–Crippen LogP) is 3.17. The Kier molecular flexibility index (Phi) is 6.27.